The van der Waals surface area contributed by atoms with Gasteiger partial charge in [-0.15, -0.1) is 0 Å². The molecule has 94 valence electrons. The predicted molar refractivity (Wildman–Crippen MR) is 61.5 cm³/mol. The number of carboxylic acid groups (broad SMARTS) is 1. The number of aliphatic hydroxyl groups excluding tert-OH is 1. The zero-order chi connectivity index (χ0) is 12.3. The number of aliphatic hydroxyl groups is 1. The molecule has 1 heterocycles. The molecule has 0 spiro atoms. The van der Waals surface area contributed by atoms with Gasteiger partial charge in [0.25, 0.3) is 0 Å². The van der Waals surface area contributed by atoms with Crippen molar-refractivity contribution in [2.75, 3.05) is 19.6 Å². The molecule has 0 unspecified atom stereocenters. The van der Waals surface area contributed by atoms with Crippen LogP contribution in [0.25, 0.3) is 0 Å². The van der Waals surface area contributed by atoms with Gasteiger partial charge in [0.05, 0.1) is 6.10 Å². The summed E-state index contributed by atoms with van der Waals surface area (Å²) in [6, 6.07) is 0. The van der Waals surface area contributed by atoms with Gasteiger partial charge in [-0.2, -0.15) is 0 Å². The normalized spacial score (nSPS) is 26.5. The second-order valence-corrected chi connectivity index (χ2v) is 5.38. The number of piperidine rings is 1. The molecule has 2 atom stereocenters. The molecule has 0 aromatic rings. The van der Waals surface area contributed by atoms with Crippen molar-refractivity contribution in [2.24, 2.45) is 5.92 Å². The molecule has 1 rings (SSSR count). The van der Waals surface area contributed by atoms with Crippen LogP contribution in [-0.4, -0.2) is 52.5 Å². The highest BCUT2D eigenvalue weighted by atomic mass is 16.4. The molecule has 0 aromatic heterocycles. The zero-order valence-electron chi connectivity index (χ0n) is 10.2. The zero-order valence-corrected chi connectivity index (χ0v) is 10.2. The Kier molecular flexibility index (Phi) is 4.15. The SMILES string of the molecule is CC(C)(C)N(C[C@H]1CNCC[C@H]1O)C(=O)O. The number of carbonyl (C=O) groups is 1. The fraction of sp³-hybridized carbons (Fsp3) is 0.909. The van der Waals surface area contributed by atoms with Crippen LogP contribution in [0.2, 0.25) is 0 Å². The predicted octanol–water partition coefficient (Wildman–Crippen LogP) is 0.735. The molecule has 0 aliphatic carbocycles. The first-order valence-corrected chi connectivity index (χ1v) is 5.71. The van der Waals surface area contributed by atoms with E-state index in [0.717, 1.165) is 6.54 Å². The highest BCUT2D eigenvalue weighted by Gasteiger charge is 2.32. The number of hydrogen-bond acceptors (Lipinski definition) is 3. The molecular formula is C11H22N2O3. The maximum absolute atomic E-state index is 11.2. The van der Waals surface area contributed by atoms with E-state index in [1.807, 2.05) is 20.8 Å². The van der Waals surface area contributed by atoms with Crippen molar-refractivity contribution in [2.45, 2.75) is 38.8 Å². The highest BCUT2D eigenvalue weighted by Crippen LogP contribution is 2.19. The second kappa shape index (κ2) is 5.01. The van der Waals surface area contributed by atoms with Gasteiger partial charge in [-0.05, 0) is 33.7 Å². The largest absolute Gasteiger partial charge is 0.465 e. The quantitative estimate of drug-likeness (QED) is 0.654. The molecule has 1 fully saturated rings. The molecule has 5 heteroatoms. The molecular weight excluding hydrogens is 208 g/mol. The summed E-state index contributed by atoms with van der Waals surface area (Å²) in [5.41, 5.74) is -0.428. The van der Waals surface area contributed by atoms with Gasteiger partial charge >= 0.3 is 6.09 Å². The first-order chi connectivity index (χ1) is 7.32. The minimum Gasteiger partial charge on any atom is -0.465 e. The second-order valence-electron chi connectivity index (χ2n) is 5.38. The molecule has 1 saturated heterocycles. The Morgan fingerprint density at radius 2 is 2.12 bits per heavy atom. The minimum atomic E-state index is -0.926. The lowest BCUT2D eigenvalue weighted by atomic mass is 9.94. The fourth-order valence-corrected chi connectivity index (χ4v) is 1.97. The van der Waals surface area contributed by atoms with E-state index in [1.165, 1.54) is 4.90 Å². The van der Waals surface area contributed by atoms with Crippen molar-refractivity contribution in [1.29, 1.82) is 0 Å². The Balaban J connectivity index is 2.64. The van der Waals surface area contributed by atoms with Crippen molar-refractivity contribution in [3.63, 3.8) is 0 Å². The number of nitrogens with zero attached hydrogens (tertiary/aromatic N) is 1. The molecule has 5 nitrogen and oxygen atoms in total. The van der Waals surface area contributed by atoms with E-state index >= 15 is 0 Å². The summed E-state index contributed by atoms with van der Waals surface area (Å²) in [5.74, 6) is -0.0101. The van der Waals surface area contributed by atoms with Crippen LogP contribution in [0.1, 0.15) is 27.2 Å². The van der Waals surface area contributed by atoms with Crippen LogP contribution >= 0.6 is 0 Å². The molecule has 16 heavy (non-hydrogen) atoms. The van der Waals surface area contributed by atoms with E-state index in [4.69, 9.17) is 5.11 Å². The van der Waals surface area contributed by atoms with Crippen LogP contribution in [0.15, 0.2) is 0 Å². The highest BCUT2D eigenvalue weighted by molar-refractivity contribution is 5.66. The standard InChI is InChI=1S/C11H22N2O3/c1-11(2,3)13(10(15)16)7-8-6-12-5-4-9(8)14/h8-9,12,14H,4-7H2,1-3H3,(H,15,16)/t8-,9-/m1/s1. The van der Waals surface area contributed by atoms with Gasteiger partial charge in [-0.3, -0.25) is 0 Å². The lowest BCUT2D eigenvalue weighted by Crippen LogP contribution is -2.52. The fourth-order valence-electron chi connectivity index (χ4n) is 1.97. The molecule has 0 radical (unpaired) electrons. The molecule has 1 amide bonds. The van der Waals surface area contributed by atoms with Crippen LogP contribution in [0.5, 0.6) is 0 Å². The van der Waals surface area contributed by atoms with Crippen molar-refractivity contribution in [1.82, 2.24) is 10.2 Å². The van der Waals surface area contributed by atoms with Crippen molar-refractivity contribution >= 4 is 6.09 Å². The Hall–Kier alpha value is -0.810. The number of nitrogens with one attached hydrogen (secondary N) is 1. The number of hydrogen-bond donors (Lipinski definition) is 3. The van der Waals surface area contributed by atoms with Gasteiger partial charge in [-0.1, -0.05) is 0 Å². The average Bonchev–Trinajstić information content (AvgIpc) is 2.14. The molecule has 0 bridgehead atoms. The van der Waals surface area contributed by atoms with Gasteiger partial charge in [0.1, 0.15) is 0 Å². The summed E-state index contributed by atoms with van der Waals surface area (Å²) in [5, 5.41) is 22.1. The summed E-state index contributed by atoms with van der Waals surface area (Å²) >= 11 is 0. The van der Waals surface area contributed by atoms with Gasteiger partial charge in [0, 0.05) is 24.5 Å². The Bertz CT molecular complexity index is 250. The van der Waals surface area contributed by atoms with Crippen LogP contribution in [-0.2, 0) is 0 Å². The van der Waals surface area contributed by atoms with Gasteiger partial charge in [0.15, 0.2) is 0 Å². The Labute approximate surface area is 96.4 Å². The average molecular weight is 230 g/mol. The Morgan fingerprint density at radius 3 is 2.56 bits per heavy atom. The summed E-state index contributed by atoms with van der Waals surface area (Å²) in [7, 11) is 0. The maximum atomic E-state index is 11.2. The monoisotopic (exact) mass is 230 g/mol. The van der Waals surface area contributed by atoms with Crippen LogP contribution in [0.4, 0.5) is 4.79 Å². The maximum Gasteiger partial charge on any atom is 0.407 e. The number of amides is 1. The summed E-state index contributed by atoms with van der Waals surface area (Å²) < 4.78 is 0. The third kappa shape index (κ3) is 3.35. The summed E-state index contributed by atoms with van der Waals surface area (Å²) in [6.45, 7) is 7.46. The summed E-state index contributed by atoms with van der Waals surface area (Å²) in [6.07, 6.45) is -0.627. The molecule has 1 aliphatic heterocycles. The van der Waals surface area contributed by atoms with E-state index in [2.05, 4.69) is 5.32 Å². The van der Waals surface area contributed by atoms with Gasteiger partial charge in [0.2, 0.25) is 0 Å². The van der Waals surface area contributed by atoms with Crippen LogP contribution < -0.4 is 5.32 Å². The molecule has 1 aliphatic rings. The first kappa shape index (κ1) is 13.3. The third-order valence-corrected chi connectivity index (χ3v) is 3.03. The van der Waals surface area contributed by atoms with Crippen LogP contribution in [0, 0.1) is 5.92 Å². The molecule has 0 aromatic carbocycles. The van der Waals surface area contributed by atoms with E-state index in [0.29, 0.717) is 19.5 Å². The van der Waals surface area contributed by atoms with E-state index < -0.39 is 17.7 Å². The number of rotatable bonds is 2. The topological polar surface area (TPSA) is 72.8 Å². The molecule has 0 saturated carbocycles. The summed E-state index contributed by atoms with van der Waals surface area (Å²) in [4.78, 5) is 12.5. The van der Waals surface area contributed by atoms with Crippen molar-refractivity contribution in [3.05, 3.63) is 0 Å². The minimum absolute atomic E-state index is 0.0101. The van der Waals surface area contributed by atoms with E-state index in [-0.39, 0.29) is 5.92 Å². The van der Waals surface area contributed by atoms with Crippen LogP contribution in [0.3, 0.4) is 0 Å². The van der Waals surface area contributed by atoms with E-state index in [1.54, 1.807) is 0 Å². The molecule has 3 N–H and O–H groups in total. The van der Waals surface area contributed by atoms with Gasteiger partial charge in [-0.25, -0.2) is 4.79 Å². The Morgan fingerprint density at radius 1 is 1.50 bits per heavy atom. The lowest BCUT2D eigenvalue weighted by molar-refractivity contribution is 0.0327. The van der Waals surface area contributed by atoms with Crippen molar-refractivity contribution in [3.8, 4) is 0 Å². The smallest absolute Gasteiger partial charge is 0.407 e. The third-order valence-electron chi connectivity index (χ3n) is 3.03. The lowest BCUT2D eigenvalue weighted by Gasteiger charge is -2.38. The van der Waals surface area contributed by atoms with Gasteiger partial charge < -0.3 is 20.4 Å². The van der Waals surface area contributed by atoms with E-state index in [9.17, 15) is 9.90 Å². The first-order valence-electron chi connectivity index (χ1n) is 5.71. The van der Waals surface area contributed by atoms with Crippen molar-refractivity contribution < 1.29 is 15.0 Å².